The molecule has 6 aromatic carbocycles. The average Bonchev–Trinajstić information content (AvgIpc) is 0.796. The van der Waals surface area contributed by atoms with E-state index in [1.54, 1.807) is 7.11 Å². The SMILES string of the molecule is COc1ccc2[nH]cc([C@@H]3C=C4[C@@](C)(CC[C@@]5(C)[C@@H]6C[C@](C)(C(=O)O)CC[C@]6(C)CC[C@]45C)c4cc(O)c(O)c(C)c43)c2c1.Cc1c(O)c(O)cc2c1[C@H](c1c[nH]c3cc(Cl)ccc13)C=C1[C@@]2(C)CC[C@@]2(C)[C@@H]3C[C@](C)(C(=O)O)CC[C@]3(C)CC[C@]12C.Cc1ccc2c([C@@H]3C=C4[C@@](C)(CC[C@@]5(C)[C@@H]6C[C@](C)(C(=O)O)CC[C@]6(C)CC[C@]45C)c4cc(O)c(O)c(C)c43)c[nH]c2c1. The first-order valence-corrected chi connectivity index (χ1v) is 48.7. The minimum Gasteiger partial charge on any atom is -0.504 e. The highest BCUT2D eigenvalue weighted by Crippen LogP contribution is 2.80. The number of halogens is 1. The number of aromatic hydroxyl groups is 6. The highest BCUT2D eigenvalue weighted by Gasteiger charge is 2.72. The van der Waals surface area contributed by atoms with Crippen LogP contribution >= 0.6 is 11.6 Å². The number of benzene rings is 6. The van der Waals surface area contributed by atoms with Crippen molar-refractivity contribution >= 4 is 62.2 Å². The van der Waals surface area contributed by atoms with Crippen molar-refractivity contribution in [1.82, 2.24) is 15.0 Å². The van der Waals surface area contributed by atoms with E-state index in [-0.39, 0.29) is 117 Å². The Balaban J connectivity index is 0.000000126. The number of allylic oxidation sites excluding steroid dienone is 6. The van der Waals surface area contributed by atoms with E-state index in [2.05, 4.69) is 172 Å². The molecular formula is C113H138ClN3O13. The summed E-state index contributed by atoms with van der Waals surface area (Å²) in [5.74, 6) is -0.956. The first-order chi connectivity index (χ1) is 60.8. The molecule has 0 aliphatic heterocycles. The van der Waals surface area contributed by atoms with E-state index in [4.69, 9.17) is 16.3 Å². The van der Waals surface area contributed by atoms with Gasteiger partial charge in [-0.05, 0) is 377 Å². The van der Waals surface area contributed by atoms with Crippen molar-refractivity contribution in [2.24, 2.45) is 82.7 Å². The standard InChI is InChI=1S/C38H47NO5.C38H47NO4.C37H44ClNO4/c1-21-31-24(25-20-39-27-9-8-22(44-7)16-23(25)27)17-29-36(4,26(31)18-28(40)32(21)41)13-15-38(6)30-19-35(3,33(42)43)11-10-34(30,2)12-14-37(29,38)5;1-21-8-9-23-25(20-39-27(23)16-21)24-17-29-36(5,26-18-28(40)32(41)22(2)31(24)26)13-15-38(7)30-19-35(4,33(42)43)11-10-34(30,3)12-14-37(29,38)6;1-20-30-23(24-19-39-26-15-21(38)7-8-22(24)26)16-28-35(4,25(30)17-27(40)31(20)41)12-14-37(6)29-18-34(3,32(42)43)10-9-33(29,2)11-13-36(28,37)5/h8-9,16-18,20,24,30,39-41H,10-15,19H2,1-7H3,(H,42,43);8-9,16-18,20,24,30,39-41H,10-15,19H2,1-7H3,(H,42,43);7-8,15-17,19,23,29,39-41H,9-14,18H2,1-6H3,(H,42,43)/t2*24-,30+,34+,35+,36-,37+,38-;23-,29+,33+,34+,35-,36+,37-/m000/s1. The fourth-order valence-corrected chi connectivity index (χ4v) is 32.1. The molecule has 21 rings (SSSR count). The van der Waals surface area contributed by atoms with Gasteiger partial charge in [0.15, 0.2) is 34.5 Å². The number of aromatic nitrogens is 3. The van der Waals surface area contributed by atoms with Gasteiger partial charge in [-0.15, -0.1) is 0 Å². The topological polar surface area (TPSA) is 290 Å². The summed E-state index contributed by atoms with van der Waals surface area (Å²) in [6, 6.07) is 24.1. The molecule has 0 radical (unpaired) electrons. The van der Waals surface area contributed by atoms with Crippen LogP contribution in [0.5, 0.6) is 40.2 Å². The Morgan fingerprint density at radius 1 is 0.362 bits per heavy atom. The van der Waals surface area contributed by atoms with Crippen molar-refractivity contribution in [2.75, 3.05) is 7.11 Å². The molecule has 0 spiro atoms. The molecule has 0 amide bonds. The predicted octanol–water partition coefficient (Wildman–Crippen LogP) is 27.1. The number of ether oxygens (including phenoxy) is 1. The zero-order chi connectivity index (χ0) is 93.4. The molecule has 17 heteroatoms. The molecule has 9 saturated carbocycles. The number of H-pyrrole nitrogens is 3. The second kappa shape index (κ2) is 29.0. The quantitative estimate of drug-likeness (QED) is 0.0523. The average molecular weight is 1780 g/mol. The highest BCUT2D eigenvalue weighted by atomic mass is 35.5. The van der Waals surface area contributed by atoms with Crippen LogP contribution in [-0.4, -0.2) is 85.9 Å². The van der Waals surface area contributed by atoms with Crippen LogP contribution in [0.2, 0.25) is 5.02 Å². The number of aliphatic carboxylic acids is 3. The van der Waals surface area contributed by atoms with Gasteiger partial charge in [0.05, 0.1) is 23.4 Å². The van der Waals surface area contributed by atoms with Crippen molar-refractivity contribution in [3.05, 3.63) is 204 Å². The van der Waals surface area contributed by atoms with Crippen LogP contribution in [0.25, 0.3) is 32.7 Å². The van der Waals surface area contributed by atoms with E-state index in [0.29, 0.717) is 35.6 Å². The molecular weight excluding hydrogens is 1640 g/mol. The number of phenols is 6. The van der Waals surface area contributed by atoms with Crippen LogP contribution in [-0.2, 0) is 30.6 Å². The molecule has 9 fully saturated rings. The minimum absolute atomic E-state index is 0.0321. The number of aromatic amines is 3. The third kappa shape index (κ3) is 12.1. The number of carbonyl (C=O) groups is 3. The minimum atomic E-state index is -0.703. The third-order valence-electron chi connectivity index (χ3n) is 41.4. The lowest BCUT2D eigenvalue weighted by molar-refractivity contribution is -0.177. The maximum absolute atomic E-state index is 12.6. The van der Waals surface area contributed by atoms with E-state index in [0.717, 1.165) is 216 Å². The Bertz CT molecular complexity index is 6180. The first kappa shape index (κ1) is 89.7. The number of hydrogen-bond acceptors (Lipinski definition) is 10. The monoisotopic (exact) mass is 1780 g/mol. The molecule has 690 valence electrons. The van der Waals surface area contributed by atoms with Crippen LogP contribution in [0.3, 0.4) is 0 Å². The number of hydrogen-bond donors (Lipinski definition) is 12. The van der Waals surface area contributed by atoms with Gasteiger partial charge in [-0.1, -0.05) is 148 Å². The van der Waals surface area contributed by atoms with E-state index in [1.807, 2.05) is 84.0 Å². The van der Waals surface area contributed by atoms with Crippen LogP contribution in [0.1, 0.15) is 329 Å². The summed E-state index contributed by atoms with van der Waals surface area (Å²) >= 11 is 6.35. The van der Waals surface area contributed by atoms with E-state index < -0.39 is 34.2 Å². The summed E-state index contributed by atoms with van der Waals surface area (Å²) in [6.45, 7) is 42.9. The van der Waals surface area contributed by atoms with Gasteiger partial charge >= 0.3 is 17.9 Å². The zero-order valence-corrected chi connectivity index (χ0v) is 81.0. The molecule has 16 nitrogen and oxygen atoms in total. The molecule has 12 aliphatic carbocycles. The molecule has 130 heavy (non-hydrogen) atoms. The molecule has 12 N–H and O–H groups in total. The number of nitrogens with one attached hydrogen (secondary N) is 3. The first-order valence-electron chi connectivity index (χ1n) is 48.3. The van der Waals surface area contributed by atoms with Gasteiger partial charge in [0.1, 0.15) is 5.75 Å². The number of methoxy groups -OCH3 is 1. The number of phenolic OH excluding ortho intramolecular Hbond substituents is 6. The largest absolute Gasteiger partial charge is 0.504 e. The summed E-state index contributed by atoms with van der Waals surface area (Å²) in [7, 11) is 1.68. The van der Waals surface area contributed by atoms with Gasteiger partial charge in [-0.3, -0.25) is 14.4 Å². The summed E-state index contributed by atoms with van der Waals surface area (Å²) in [5.41, 5.74) is 17.4. The van der Waals surface area contributed by atoms with Gasteiger partial charge in [0, 0.05) is 90.3 Å². The molecule has 12 aliphatic rings. The summed E-state index contributed by atoms with van der Waals surface area (Å²) in [4.78, 5) is 48.1. The van der Waals surface area contributed by atoms with E-state index in [9.17, 15) is 60.3 Å². The van der Waals surface area contributed by atoms with Crippen molar-refractivity contribution in [3.63, 3.8) is 0 Å². The lowest BCUT2D eigenvalue weighted by atomic mass is 9.34. The summed E-state index contributed by atoms with van der Waals surface area (Å²) in [6.07, 6.45) is 33.2. The number of carboxylic acid groups (broad SMARTS) is 3. The molecule has 3 aromatic heterocycles. The predicted molar refractivity (Wildman–Crippen MR) is 514 cm³/mol. The number of aryl methyl sites for hydroxylation is 1. The smallest absolute Gasteiger partial charge is 0.309 e. The lowest BCUT2D eigenvalue weighted by Crippen LogP contribution is -2.62. The number of fused-ring (bicyclic) bond motifs is 24. The molecule has 21 atom stereocenters. The molecule has 9 aromatic rings. The van der Waals surface area contributed by atoms with E-state index >= 15 is 0 Å². The van der Waals surface area contributed by atoms with Gasteiger partial charge in [-0.25, -0.2) is 0 Å². The Morgan fingerprint density at radius 2 is 0.677 bits per heavy atom. The summed E-state index contributed by atoms with van der Waals surface area (Å²) in [5, 5.41) is 101. The van der Waals surface area contributed by atoms with Crippen LogP contribution in [0.4, 0.5) is 0 Å². The van der Waals surface area contributed by atoms with Crippen LogP contribution < -0.4 is 4.74 Å². The Morgan fingerprint density at radius 3 is 1.02 bits per heavy atom. The van der Waals surface area contributed by atoms with E-state index in [1.165, 1.54) is 33.2 Å². The highest BCUT2D eigenvalue weighted by molar-refractivity contribution is 6.31. The van der Waals surface area contributed by atoms with Gasteiger partial charge in [-0.2, -0.15) is 0 Å². The maximum Gasteiger partial charge on any atom is 0.309 e. The zero-order valence-electron chi connectivity index (χ0n) is 80.2. The van der Waals surface area contributed by atoms with Gasteiger partial charge in [0.2, 0.25) is 0 Å². The fraction of sp³-hybridized carbons (Fsp3) is 0.549. The number of carboxylic acids is 3. The van der Waals surface area contributed by atoms with Crippen molar-refractivity contribution in [3.8, 4) is 40.2 Å². The summed E-state index contributed by atoms with van der Waals surface area (Å²) < 4.78 is 5.61. The van der Waals surface area contributed by atoms with Crippen molar-refractivity contribution in [1.29, 1.82) is 0 Å². The Kier molecular flexibility index (Phi) is 20.0. The fourth-order valence-electron chi connectivity index (χ4n) is 31.9. The van der Waals surface area contributed by atoms with Crippen molar-refractivity contribution in [2.45, 2.75) is 300 Å². The van der Waals surface area contributed by atoms with Gasteiger partial charge in [0.25, 0.3) is 0 Å². The third-order valence-corrected chi connectivity index (χ3v) is 41.6. The Labute approximate surface area is 771 Å². The number of rotatable bonds is 7. The maximum atomic E-state index is 12.6. The molecule has 0 bridgehead atoms. The second-order valence-electron chi connectivity index (χ2n) is 47.6. The Hall–Kier alpha value is -9.54. The second-order valence-corrected chi connectivity index (χ2v) is 48.1. The van der Waals surface area contributed by atoms with Gasteiger partial charge < -0.3 is 65.6 Å². The van der Waals surface area contributed by atoms with Crippen LogP contribution in [0.15, 0.2) is 126 Å². The molecule has 0 unspecified atom stereocenters. The lowest BCUT2D eigenvalue weighted by Gasteiger charge is -2.70. The molecule has 3 heterocycles. The van der Waals surface area contributed by atoms with Crippen LogP contribution in [0, 0.1) is 110 Å². The normalized spacial score (nSPS) is 38.2. The molecule has 0 saturated heterocycles. The van der Waals surface area contributed by atoms with Crippen molar-refractivity contribution < 1.29 is 65.1 Å².